The molecule has 2 aromatic carbocycles. The quantitative estimate of drug-likeness (QED) is 0.666. The van der Waals surface area contributed by atoms with Gasteiger partial charge >= 0.3 is 0 Å². The van der Waals surface area contributed by atoms with Gasteiger partial charge in [-0.15, -0.1) is 0 Å². The summed E-state index contributed by atoms with van der Waals surface area (Å²) in [5.41, 5.74) is 6.68. The van der Waals surface area contributed by atoms with Crippen LogP contribution in [0.3, 0.4) is 0 Å². The second-order valence-corrected chi connectivity index (χ2v) is 7.20. The first-order chi connectivity index (χ1) is 11.5. The number of rotatable bonds is 6. The van der Waals surface area contributed by atoms with Crippen LogP contribution < -0.4 is 5.32 Å². The Morgan fingerprint density at radius 2 is 1.71 bits per heavy atom. The van der Waals surface area contributed by atoms with Gasteiger partial charge in [0, 0.05) is 6.54 Å². The van der Waals surface area contributed by atoms with E-state index in [9.17, 15) is 0 Å². The van der Waals surface area contributed by atoms with Gasteiger partial charge in [-0.1, -0.05) is 88.0 Å². The Hall–Kier alpha value is -2.12. The molecule has 0 aliphatic carbocycles. The van der Waals surface area contributed by atoms with Gasteiger partial charge in [-0.3, -0.25) is 0 Å². The van der Waals surface area contributed by atoms with Gasteiger partial charge in [-0.25, -0.2) is 0 Å². The predicted octanol–water partition coefficient (Wildman–Crippen LogP) is 5.77. The first-order valence-corrected chi connectivity index (χ1v) is 8.60. The van der Waals surface area contributed by atoms with Gasteiger partial charge in [0.1, 0.15) is 0 Å². The molecule has 126 valence electrons. The van der Waals surface area contributed by atoms with Crippen molar-refractivity contribution in [3.05, 3.63) is 84.0 Å². The molecule has 0 spiro atoms. The highest BCUT2D eigenvalue weighted by Crippen LogP contribution is 2.28. The molecule has 0 saturated heterocycles. The third kappa shape index (κ3) is 4.69. The first-order valence-electron chi connectivity index (χ1n) is 8.60. The second kappa shape index (κ2) is 8.12. The van der Waals surface area contributed by atoms with E-state index in [1.54, 1.807) is 0 Å². The molecule has 2 aromatic rings. The SMILES string of the molecule is C=C/C(=C\Cc1cc(-c2ccccc2)ccc1CNC)C(C)(C)C. The van der Waals surface area contributed by atoms with Gasteiger partial charge in [0.25, 0.3) is 0 Å². The fourth-order valence-corrected chi connectivity index (χ4v) is 2.90. The van der Waals surface area contributed by atoms with Crippen LogP contribution in [-0.2, 0) is 13.0 Å². The van der Waals surface area contributed by atoms with Crippen molar-refractivity contribution in [2.45, 2.75) is 33.7 Å². The van der Waals surface area contributed by atoms with Crippen LogP contribution in [0.5, 0.6) is 0 Å². The van der Waals surface area contributed by atoms with Crippen LogP contribution in [0.2, 0.25) is 0 Å². The van der Waals surface area contributed by atoms with Gasteiger partial charge in [0.05, 0.1) is 0 Å². The summed E-state index contributed by atoms with van der Waals surface area (Å²) in [4.78, 5) is 0. The van der Waals surface area contributed by atoms with Crippen molar-refractivity contribution in [1.29, 1.82) is 0 Å². The van der Waals surface area contributed by atoms with Gasteiger partial charge in [-0.2, -0.15) is 0 Å². The number of hydrogen-bond acceptors (Lipinski definition) is 1. The molecule has 0 atom stereocenters. The zero-order chi connectivity index (χ0) is 17.6. The van der Waals surface area contributed by atoms with E-state index in [0.717, 1.165) is 13.0 Å². The van der Waals surface area contributed by atoms with Gasteiger partial charge < -0.3 is 5.32 Å². The molecule has 2 rings (SSSR count). The molecule has 24 heavy (non-hydrogen) atoms. The van der Waals surface area contributed by atoms with Gasteiger partial charge in [0.2, 0.25) is 0 Å². The maximum atomic E-state index is 3.98. The minimum Gasteiger partial charge on any atom is -0.316 e. The second-order valence-electron chi connectivity index (χ2n) is 7.20. The lowest BCUT2D eigenvalue weighted by atomic mass is 9.85. The van der Waals surface area contributed by atoms with Crippen molar-refractivity contribution in [3.63, 3.8) is 0 Å². The Balaban J connectivity index is 2.39. The first kappa shape index (κ1) is 18.2. The summed E-state index contributed by atoms with van der Waals surface area (Å²) in [6.45, 7) is 11.6. The maximum absolute atomic E-state index is 3.98. The summed E-state index contributed by atoms with van der Waals surface area (Å²) in [5.74, 6) is 0. The summed E-state index contributed by atoms with van der Waals surface area (Å²) < 4.78 is 0. The Labute approximate surface area is 147 Å². The van der Waals surface area contributed by atoms with Crippen LogP contribution in [-0.4, -0.2) is 7.05 Å². The topological polar surface area (TPSA) is 12.0 Å². The average Bonchev–Trinajstić information content (AvgIpc) is 2.56. The van der Waals surface area contributed by atoms with E-state index in [2.05, 4.69) is 87.3 Å². The lowest BCUT2D eigenvalue weighted by Gasteiger charge is -2.20. The van der Waals surface area contributed by atoms with Crippen molar-refractivity contribution in [3.8, 4) is 11.1 Å². The van der Waals surface area contributed by atoms with Crippen molar-refractivity contribution < 1.29 is 0 Å². The molecule has 0 heterocycles. The zero-order valence-electron chi connectivity index (χ0n) is 15.4. The minimum absolute atomic E-state index is 0.127. The van der Waals surface area contributed by atoms with Gasteiger partial charge in [-0.05, 0) is 46.7 Å². The number of nitrogens with one attached hydrogen (secondary N) is 1. The number of benzene rings is 2. The molecule has 0 radical (unpaired) electrons. The minimum atomic E-state index is 0.127. The van der Waals surface area contributed by atoms with E-state index < -0.39 is 0 Å². The van der Waals surface area contributed by atoms with Crippen LogP contribution in [0.4, 0.5) is 0 Å². The molecule has 1 heteroatoms. The van der Waals surface area contributed by atoms with Crippen molar-refractivity contribution >= 4 is 0 Å². The van der Waals surface area contributed by atoms with E-state index in [-0.39, 0.29) is 5.41 Å². The molecule has 1 N–H and O–H groups in total. The Kier molecular flexibility index (Phi) is 6.16. The third-order valence-corrected chi connectivity index (χ3v) is 4.31. The fourth-order valence-electron chi connectivity index (χ4n) is 2.90. The lowest BCUT2D eigenvalue weighted by molar-refractivity contribution is 0.515. The summed E-state index contributed by atoms with van der Waals surface area (Å²) in [7, 11) is 2.00. The third-order valence-electron chi connectivity index (χ3n) is 4.31. The number of allylic oxidation sites excluding steroid dienone is 3. The molecule has 0 fully saturated rings. The maximum Gasteiger partial charge on any atom is 0.0205 e. The van der Waals surface area contributed by atoms with Crippen LogP contribution in [0.1, 0.15) is 31.9 Å². The monoisotopic (exact) mass is 319 g/mol. The Morgan fingerprint density at radius 1 is 1.00 bits per heavy atom. The summed E-state index contributed by atoms with van der Waals surface area (Å²) in [6.07, 6.45) is 5.23. The highest BCUT2D eigenvalue weighted by Gasteiger charge is 2.14. The van der Waals surface area contributed by atoms with Crippen LogP contribution in [0.15, 0.2) is 72.8 Å². The number of hydrogen-bond donors (Lipinski definition) is 1. The smallest absolute Gasteiger partial charge is 0.0205 e. The Bertz CT molecular complexity index is 703. The molecular weight excluding hydrogens is 290 g/mol. The van der Waals surface area contributed by atoms with Crippen molar-refractivity contribution in [2.75, 3.05) is 7.05 Å². The van der Waals surface area contributed by atoms with Crippen LogP contribution in [0.25, 0.3) is 11.1 Å². The molecule has 0 aliphatic heterocycles. The molecule has 0 saturated carbocycles. The van der Waals surface area contributed by atoms with E-state index in [1.165, 1.54) is 27.8 Å². The fraction of sp³-hybridized carbons (Fsp3) is 0.304. The van der Waals surface area contributed by atoms with E-state index in [0.29, 0.717) is 0 Å². The lowest BCUT2D eigenvalue weighted by Crippen LogP contribution is -2.09. The Morgan fingerprint density at radius 3 is 2.29 bits per heavy atom. The largest absolute Gasteiger partial charge is 0.316 e. The molecule has 1 nitrogen and oxygen atoms in total. The van der Waals surface area contributed by atoms with E-state index >= 15 is 0 Å². The summed E-state index contributed by atoms with van der Waals surface area (Å²) >= 11 is 0. The highest BCUT2D eigenvalue weighted by atomic mass is 14.8. The van der Waals surface area contributed by atoms with E-state index in [4.69, 9.17) is 0 Å². The van der Waals surface area contributed by atoms with Gasteiger partial charge in [0.15, 0.2) is 0 Å². The van der Waals surface area contributed by atoms with Crippen LogP contribution >= 0.6 is 0 Å². The summed E-state index contributed by atoms with van der Waals surface area (Å²) in [6, 6.07) is 17.3. The molecule has 0 unspecified atom stereocenters. The molecule has 0 aromatic heterocycles. The average molecular weight is 319 g/mol. The normalized spacial score (nSPS) is 12.2. The molecule has 0 aliphatic rings. The predicted molar refractivity (Wildman–Crippen MR) is 106 cm³/mol. The van der Waals surface area contributed by atoms with E-state index in [1.807, 2.05) is 13.1 Å². The standard InChI is InChI=1S/C23H29N/c1-6-22(23(2,3)4)15-14-20-16-19(12-13-21(20)17-24-5)18-10-8-7-9-11-18/h6-13,15-16,24H,1,14,17H2,2-5H3/b22-15+. The molecule has 0 amide bonds. The van der Waals surface area contributed by atoms with Crippen molar-refractivity contribution in [1.82, 2.24) is 5.32 Å². The summed E-state index contributed by atoms with van der Waals surface area (Å²) in [5, 5.41) is 3.27. The highest BCUT2D eigenvalue weighted by molar-refractivity contribution is 5.65. The van der Waals surface area contributed by atoms with Crippen LogP contribution in [0, 0.1) is 5.41 Å². The molecule has 0 bridgehead atoms. The zero-order valence-corrected chi connectivity index (χ0v) is 15.4. The molecular formula is C23H29N. The van der Waals surface area contributed by atoms with Crippen molar-refractivity contribution in [2.24, 2.45) is 5.41 Å².